The van der Waals surface area contributed by atoms with Crippen LogP contribution in [0.5, 0.6) is 0 Å². The molecule has 1 atom stereocenters. The van der Waals surface area contributed by atoms with Crippen LogP contribution in [0.2, 0.25) is 0 Å². The highest BCUT2D eigenvalue weighted by molar-refractivity contribution is 5.70. The molecule has 0 N–H and O–H groups in total. The first-order valence-corrected chi connectivity index (χ1v) is 4.45. The highest BCUT2D eigenvalue weighted by atomic mass is 16.5. The Morgan fingerprint density at radius 3 is 2.85 bits per heavy atom. The standard InChI is InChI=1S/C10H11NO2/c12-10-3-1-2-9(13-10)8-4-6-11-7-5-8/h4-7,9H,1-3H2. The second-order valence-corrected chi connectivity index (χ2v) is 3.15. The normalized spacial score (nSPS) is 22.5. The number of nitrogens with zero attached hydrogens (tertiary/aromatic N) is 1. The Kier molecular flexibility index (Phi) is 2.25. The third kappa shape index (κ3) is 1.86. The average Bonchev–Trinajstić information content (AvgIpc) is 2.19. The van der Waals surface area contributed by atoms with Gasteiger partial charge in [-0.1, -0.05) is 0 Å². The molecular formula is C10H11NO2. The molecule has 2 rings (SSSR count). The average molecular weight is 177 g/mol. The van der Waals surface area contributed by atoms with Crippen molar-refractivity contribution in [3.05, 3.63) is 30.1 Å². The van der Waals surface area contributed by atoms with E-state index in [-0.39, 0.29) is 12.1 Å². The second-order valence-electron chi connectivity index (χ2n) is 3.15. The van der Waals surface area contributed by atoms with Crippen molar-refractivity contribution in [2.45, 2.75) is 25.4 Å². The Balaban J connectivity index is 2.13. The molecule has 1 aliphatic rings. The maximum absolute atomic E-state index is 11.0. The van der Waals surface area contributed by atoms with Crippen molar-refractivity contribution >= 4 is 5.97 Å². The second kappa shape index (κ2) is 3.56. The van der Waals surface area contributed by atoms with E-state index in [1.54, 1.807) is 12.4 Å². The van der Waals surface area contributed by atoms with Gasteiger partial charge in [-0.25, -0.2) is 0 Å². The highest BCUT2D eigenvalue weighted by Gasteiger charge is 2.21. The van der Waals surface area contributed by atoms with Gasteiger partial charge in [0.1, 0.15) is 6.10 Å². The third-order valence-corrected chi connectivity index (χ3v) is 2.20. The number of cyclic esters (lactones) is 1. The monoisotopic (exact) mass is 177 g/mol. The van der Waals surface area contributed by atoms with Gasteiger partial charge in [-0.2, -0.15) is 0 Å². The first-order chi connectivity index (χ1) is 6.36. The van der Waals surface area contributed by atoms with E-state index in [2.05, 4.69) is 4.98 Å². The van der Waals surface area contributed by atoms with Gasteiger partial charge in [0, 0.05) is 18.8 Å². The number of aromatic nitrogens is 1. The van der Waals surface area contributed by atoms with Crippen LogP contribution >= 0.6 is 0 Å². The van der Waals surface area contributed by atoms with Gasteiger partial charge < -0.3 is 4.74 Å². The molecule has 68 valence electrons. The minimum Gasteiger partial charge on any atom is -0.457 e. The number of carbonyl (C=O) groups is 1. The van der Waals surface area contributed by atoms with E-state index in [0.29, 0.717) is 6.42 Å². The highest BCUT2D eigenvalue weighted by Crippen LogP contribution is 2.27. The van der Waals surface area contributed by atoms with Gasteiger partial charge in [0.25, 0.3) is 0 Å². The van der Waals surface area contributed by atoms with Crippen LogP contribution in [0.1, 0.15) is 30.9 Å². The zero-order chi connectivity index (χ0) is 9.10. The summed E-state index contributed by atoms with van der Waals surface area (Å²) in [6, 6.07) is 3.78. The van der Waals surface area contributed by atoms with E-state index in [1.807, 2.05) is 12.1 Å². The predicted molar refractivity (Wildman–Crippen MR) is 46.9 cm³/mol. The molecule has 13 heavy (non-hydrogen) atoms. The summed E-state index contributed by atoms with van der Waals surface area (Å²) in [5.41, 5.74) is 1.04. The molecule has 1 aromatic heterocycles. The Morgan fingerprint density at radius 1 is 1.38 bits per heavy atom. The largest absolute Gasteiger partial charge is 0.457 e. The lowest BCUT2D eigenvalue weighted by Gasteiger charge is -2.22. The number of hydrogen-bond donors (Lipinski definition) is 0. The van der Waals surface area contributed by atoms with Crippen molar-refractivity contribution in [1.82, 2.24) is 4.98 Å². The maximum atomic E-state index is 11.0. The molecule has 1 unspecified atom stereocenters. The summed E-state index contributed by atoms with van der Waals surface area (Å²) in [5, 5.41) is 0. The molecule has 0 bridgehead atoms. The molecule has 1 saturated heterocycles. The fraction of sp³-hybridized carbons (Fsp3) is 0.400. The van der Waals surface area contributed by atoms with Crippen LogP contribution in [0.15, 0.2) is 24.5 Å². The van der Waals surface area contributed by atoms with Gasteiger partial charge in [0.2, 0.25) is 0 Å². The molecule has 0 aliphatic carbocycles. The number of carbonyl (C=O) groups excluding carboxylic acids is 1. The number of esters is 1. The fourth-order valence-corrected chi connectivity index (χ4v) is 1.52. The lowest BCUT2D eigenvalue weighted by atomic mass is 10.0. The summed E-state index contributed by atoms with van der Waals surface area (Å²) in [5.74, 6) is -0.0898. The molecule has 3 nitrogen and oxygen atoms in total. The molecule has 1 aromatic rings. The first kappa shape index (κ1) is 8.23. The number of ether oxygens (including phenoxy) is 1. The number of rotatable bonds is 1. The predicted octanol–water partition coefficient (Wildman–Crippen LogP) is 1.85. The Morgan fingerprint density at radius 2 is 2.15 bits per heavy atom. The van der Waals surface area contributed by atoms with Crippen LogP contribution < -0.4 is 0 Å². The van der Waals surface area contributed by atoms with E-state index in [1.165, 1.54) is 0 Å². The zero-order valence-corrected chi connectivity index (χ0v) is 7.27. The molecule has 0 spiro atoms. The lowest BCUT2D eigenvalue weighted by Crippen LogP contribution is -2.16. The van der Waals surface area contributed by atoms with Crippen LogP contribution in [0.3, 0.4) is 0 Å². The van der Waals surface area contributed by atoms with Gasteiger partial charge in [0.05, 0.1) is 0 Å². The van der Waals surface area contributed by atoms with Crippen LogP contribution in [0.4, 0.5) is 0 Å². The van der Waals surface area contributed by atoms with Crippen LogP contribution in [0.25, 0.3) is 0 Å². The minimum absolute atomic E-state index is 0.0516. The smallest absolute Gasteiger partial charge is 0.306 e. The van der Waals surface area contributed by atoms with Crippen LogP contribution in [0, 0.1) is 0 Å². The molecule has 0 radical (unpaired) electrons. The van der Waals surface area contributed by atoms with Crippen molar-refractivity contribution < 1.29 is 9.53 Å². The summed E-state index contributed by atoms with van der Waals surface area (Å²) in [7, 11) is 0. The molecule has 3 heteroatoms. The van der Waals surface area contributed by atoms with Crippen molar-refractivity contribution in [3.63, 3.8) is 0 Å². The first-order valence-electron chi connectivity index (χ1n) is 4.45. The van der Waals surface area contributed by atoms with Crippen LogP contribution in [-0.2, 0) is 9.53 Å². The van der Waals surface area contributed by atoms with E-state index in [0.717, 1.165) is 18.4 Å². The van der Waals surface area contributed by atoms with Crippen LogP contribution in [-0.4, -0.2) is 11.0 Å². The van der Waals surface area contributed by atoms with Gasteiger partial charge in [-0.05, 0) is 30.5 Å². The quantitative estimate of drug-likeness (QED) is 0.614. The fourth-order valence-electron chi connectivity index (χ4n) is 1.52. The SMILES string of the molecule is O=C1CCCC(c2ccncc2)O1. The van der Waals surface area contributed by atoms with Gasteiger partial charge in [-0.15, -0.1) is 0 Å². The topological polar surface area (TPSA) is 39.2 Å². The Hall–Kier alpha value is -1.38. The van der Waals surface area contributed by atoms with Crippen molar-refractivity contribution in [2.24, 2.45) is 0 Å². The zero-order valence-electron chi connectivity index (χ0n) is 7.27. The van der Waals surface area contributed by atoms with E-state index >= 15 is 0 Å². The molecule has 0 aromatic carbocycles. The number of pyridine rings is 1. The van der Waals surface area contributed by atoms with Crippen molar-refractivity contribution in [2.75, 3.05) is 0 Å². The summed E-state index contributed by atoms with van der Waals surface area (Å²) in [6.07, 6.45) is 5.79. The van der Waals surface area contributed by atoms with Gasteiger partial charge in [0.15, 0.2) is 0 Å². The van der Waals surface area contributed by atoms with Crippen molar-refractivity contribution in [1.29, 1.82) is 0 Å². The third-order valence-electron chi connectivity index (χ3n) is 2.20. The lowest BCUT2D eigenvalue weighted by molar-refractivity contribution is -0.154. The summed E-state index contributed by atoms with van der Waals surface area (Å²) in [6.45, 7) is 0. The summed E-state index contributed by atoms with van der Waals surface area (Å²) >= 11 is 0. The maximum Gasteiger partial charge on any atom is 0.306 e. The molecule has 0 saturated carbocycles. The Bertz CT molecular complexity index is 297. The van der Waals surface area contributed by atoms with Crippen molar-refractivity contribution in [3.8, 4) is 0 Å². The molecule has 1 fully saturated rings. The van der Waals surface area contributed by atoms with Gasteiger partial charge in [-0.3, -0.25) is 9.78 Å². The minimum atomic E-state index is -0.0898. The van der Waals surface area contributed by atoms with E-state index < -0.39 is 0 Å². The molecule has 2 heterocycles. The van der Waals surface area contributed by atoms with E-state index in [9.17, 15) is 4.79 Å². The van der Waals surface area contributed by atoms with Gasteiger partial charge >= 0.3 is 5.97 Å². The summed E-state index contributed by atoms with van der Waals surface area (Å²) < 4.78 is 5.21. The number of hydrogen-bond acceptors (Lipinski definition) is 3. The molecule has 0 amide bonds. The van der Waals surface area contributed by atoms with E-state index in [4.69, 9.17) is 4.74 Å². The summed E-state index contributed by atoms with van der Waals surface area (Å²) in [4.78, 5) is 14.9. The Labute approximate surface area is 76.7 Å². The molecule has 1 aliphatic heterocycles. The molecular weight excluding hydrogens is 166 g/mol.